The Morgan fingerprint density at radius 2 is 2.06 bits per heavy atom. The van der Waals surface area contributed by atoms with Crippen LogP contribution in [0.15, 0.2) is 30.5 Å². The summed E-state index contributed by atoms with van der Waals surface area (Å²) in [5.74, 6) is 0.985. The van der Waals surface area contributed by atoms with Crippen molar-refractivity contribution in [3.8, 4) is 0 Å². The number of benzene rings is 1. The van der Waals surface area contributed by atoms with Gasteiger partial charge >= 0.3 is 0 Å². The van der Waals surface area contributed by atoms with Gasteiger partial charge in [-0.15, -0.1) is 0 Å². The predicted molar refractivity (Wildman–Crippen MR) is 131 cm³/mol. The van der Waals surface area contributed by atoms with Crippen molar-refractivity contribution in [2.24, 2.45) is 5.92 Å². The van der Waals surface area contributed by atoms with E-state index in [0.717, 1.165) is 54.8 Å². The van der Waals surface area contributed by atoms with Crippen molar-refractivity contribution in [1.29, 1.82) is 0 Å². The van der Waals surface area contributed by atoms with Gasteiger partial charge < -0.3 is 14.5 Å². The van der Waals surface area contributed by atoms with E-state index in [1.54, 1.807) is 0 Å². The van der Waals surface area contributed by atoms with Gasteiger partial charge in [-0.25, -0.2) is 9.97 Å². The summed E-state index contributed by atoms with van der Waals surface area (Å²) >= 11 is 0. The molecular weight excluding hydrogens is 428 g/mol. The Morgan fingerprint density at radius 1 is 1.24 bits per heavy atom. The minimum absolute atomic E-state index is 0.0275. The van der Waals surface area contributed by atoms with E-state index in [9.17, 15) is 4.79 Å². The average molecular weight is 463 g/mol. The van der Waals surface area contributed by atoms with Crippen LogP contribution in [-0.2, 0) is 16.6 Å². The van der Waals surface area contributed by atoms with Gasteiger partial charge in [0.15, 0.2) is 0 Å². The third-order valence-electron chi connectivity index (χ3n) is 7.41. The van der Waals surface area contributed by atoms with Crippen molar-refractivity contribution in [3.05, 3.63) is 53.2 Å². The number of H-pyrrole nitrogens is 1. The molecule has 180 valence electrons. The lowest BCUT2D eigenvalue weighted by atomic mass is 9.79. The van der Waals surface area contributed by atoms with Crippen molar-refractivity contribution in [3.63, 3.8) is 0 Å². The van der Waals surface area contributed by atoms with Gasteiger partial charge in [-0.1, -0.05) is 19.1 Å². The Morgan fingerprint density at radius 3 is 2.88 bits per heavy atom. The van der Waals surface area contributed by atoms with Crippen LogP contribution in [0.3, 0.4) is 0 Å². The molecule has 0 saturated carbocycles. The van der Waals surface area contributed by atoms with Crippen LogP contribution in [-0.4, -0.2) is 82.3 Å². The highest BCUT2D eigenvalue weighted by atomic mass is 16.5. The van der Waals surface area contributed by atoms with Gasteiger partial charge in [0.2, 0.25) is 0 Å². The maximum absolute atomic E-state index is 13.6. The molecule has 2 aromatic heterocycles. The number of carbonyl (C=O) groups excluding carboxylic acids is 1. The molecule has 0 spiro atoms. The van der Waals surface area contributed by atoms with E-state index in [1.807, 2.05) is 36.2 Å². The molecule has 5 rings (SSSR count). The number of carbonyl (C=O) groups is 1. The molecule has 2 aliphatic rings. The van der Waals surface area contributed by atoms with Crippen LogP contribution < -0.4 is 0 Å². The normalized spacial score (nSPS) is 21.5. The minimum atomic E-state index is -0.0960. The number of rotatable bonds is 4. The first-order valence-electron chi connectivity index (χ1n) is 12.2. The van der Waals surface area contributed by atoms with E-state index in [1.165, 1.54) is 5.56 Å². The first-order chi connectivity index (χ1) is 16.4. The van der Waals surface area contributed by atoms with E-state index >= 15 is 0 Å². The highest BCUT2D eigenvalue weighted by Crippen LogP contribution is 2.33. The van der Waals surface area contributed by atoms with E-state index in [-0.39, 0.29) is 17.2 Å². The zero-order chi connectivity index (χ0) is 23.7. The smallest absolute Gasteiger partial charge is 0.272 e. The predicted octanol–water partition coefficient (Wildman–Crippen LogP) is 2.98. The minimum Gasteiger partial charge on any atom is -0.379 e. The number of aryl methyl sites for hydroxylation is 1. The SMILES string of the molecule is Cc1cc(C(=O)N2CCOC[C@@H](Cc3cccc4[nH]ncc34)C2)nc(C2(C)CCN(C)CC2)n1. The van der Waals surface area contributed by atoms with Crippen LogP contribution in [0.4, 0.5) is 0 Å². The molecule has 0 aliphatic carbocycles. The number of piperidine rings is 1. The molecule has 0 bridgehead atoms. The zero-order valence-corrected chi connectivity index (χ0v) is 20.4. The maximum Gasteiger partial charge on any atom is 0.272 e. The molecule has 0 unspecified atom stereocenters. The molecule has 8 nitrogen and oxygen atoms in total. The van der Waals surface area contributed by atoms with Crippen molar-refractivity contribution in [2.45, 2.75) is 38.5 Å². The first-order valence-corrected chi connectivity index (χ1v) is 12.2. The Bertz CT molecular complexity index is 1170. The Hall–Kier alpha value is -2.84. The fourth-order valence-electron chi connectivity index (χ4n) is 5.15. The van der Waals surface area contributed by atoms with E-state index in [2.05, 4.69) is 35.1 Å². The summed E-state index contributed by atoms with van der Waals surface area (Å²) in [5, 5.41) is 8.35. The standard InChI is InChI=1S/C26H34N6O2/c1-18-13-23(29-25(28-18)26(2)7-9-31(3)10-8-26)24(33)32-11-12-34-17-19(16-32)14-20-5-4-6-22-21(20)15-27-30-22/h4-6,13,15,19H,7-12,14,16-17H2,1-3H3,(H,27,30)/t19-/m0/s1. The molecule has 1 atom stereocenters. The number of fused-ring (bicyclic) bond motifs is 1. The Labute approximate surface area is 200 Å². The summed E-state index contributed by atoms with van der Waals surface area (Å²) in [6.45, 7) is 8.63. The fourth-order valence-corrected chi connectivity index (χ4v) is 5.15. The molecule has 8 heteroatoms. The third-order valence-corrected chi connectivity index (χ3v) is 7.41. The summed E-state index contributed by atoms with van der Waals surface area (Å²) in [6, 6.07) is 8.05. The van der Waals surface area contributed by atoms with E-state index in [0.29, 0.717) is 32.0 Å². The van der Waals surface area contributed by atoms with Gasteiger partial charge in [-0.2, -0.15) is 5.10 Å². The van der Waals surface area contributed by atoms with E-state index < -0.39 is 0 Å². The number of hydrogen-bond donors (Lipinski definition) is 1. The number of nitrogens with one attached hydrogen (secondary N) is 1. The summed E-state index contributed by atoms with van der Waals surface area (Å²) in [6.07, 6.45) is 4.71. The average Bonchev–Trinajstić information content (AvgIpc) is 3.20. The second kappa shape index (κ2) is 9.43. The summed E-state index contributed by atoms with van der Waals surface area (Å²) < 4.78 is 5.90. The van der Waals surface area contributed by atoms with Crippen molar-refractivity contribution in [1.82, 2.24) is 30.0 Å². The maximum atomic E-state index is 13.6. The van der Waals surface area contributed by atoms with Gasteiger partial charge in [0.05, 0.1) is 24.9 Å². The lowest BCUT2D eigenvalue weighted by Gasteiger charge is -2.36. The molecule has 1 N–H and O–H groups in total. The molecule has 2 fully saturated rings. The largest absolute Gasteiger partial charge is 0.379 e. The Kier molecular flexibility index (Phi) is 6.36. The molecular formula is C26H34N6O2. The molecule has 1 amide bonds. The van der Waals surface area contributed by atoms with Gasteiger partial charge in [0.1, 0.15) is 11.5 Å². The number of hydrogen-bond acceptors (Lipinski definition) is 6. The van der Waals surface area contributed by atoms with Crippen LogP contribution >= 0.6 is 0 Å². The highest BCUT2D eigenvalue weighted by molar-refractivity contribution is 5.92. The number of likely N-dealkylation sites (tertiary alicyclic amines) is 1. The topological polar surface area (TPSA) is 87.2 Å². The Balaban J connectivity index is 1.35. The summed E-state index contributed by atoms with van der Waals surface area (Å²) in [4.78, 5) is 27.5. The monoisotopic (exact) mass is 462 g/mol. The van der Waals surface area contributed by atoms with Gasteiger partial charge in [-0.05, 0) is 64.0 Å². The second-order valence-corrected chi connectivity index (χ2v) is 10.2. The summed E-state index contributed by atoms with van der Waals surface area (Å²) in [7, 11) is 2.15. The molecule has 2 saturated heterocycles. The number of nitrogens with zero attached hydrogens (tertiary/aromatic N) is 5. The summed E-state index contributed by atoms with van der Waals surface area (Å²) in [5.41, 5.74) is 3.51. The molecule has 0 radical (unpaired) electrons. The second-order valence-electron chi connectivity index (χ2n) is 10.2. The number of amides is 1. The van der Waals surface area contributed by atoms with Crippen molar-refractivity contribution < 1.29 is 9.53 Å². The fraction of sp³-hybridized carbons (Fsp3) is 0.538. The lowest BCUT2D eigenvalue weighted by Crippen LogP contribution is -2.41. The molecule has 4 heterocycles. The van der Waals surface area contributed by atoms with Crippen molar-refractivity contribution >= 4 is 16.8 Å². The van der Waals surface area contributed by atoms with Crippen LogP contribution in [0.1, 0.15) is 47.3 Å². The quantitative estimate of drug-likeness (QED) is 0.642. The van der Waals surface area contributed by atoms with Gasteiger partial charge in [0.25, 0.3) is 5.91 Å². The van der Waals surface area contributed by atoms with Crippen molar-refractivity contribution in [2.75, 3.05) is 46.4 Å². The molecule has 1 aromatic carbocycles. The number of aromatic nitrogens is 4. The third kappa shape index (κ3) is 4.70. The highest BCUT2D eigenvalue weighted by Gasteiger charge is 2.35. The van der Waals surface area contributed by atoms with Gasteiger partial charge in [0, 0.05) is 35.5 Å². The zero-order valence-electron chi connectivity index (χ0n) is 20.4. The van der Waals surface area contributed by atoms with Crippen LogP contribution in [0.2, 0.25) is 0 Å². The molecule has 2 aliphatic heterocycles. The van der Waals surface area contributed by atoms with Crippen LogP contribution in [0.25, 0.3) is 10.9 Å². The lowest BCUT2D eigenvalue weighted by molar-refractivity contribution is 0.0730. The van der Waals surface area contributed by atoms with Gasteiger partial charge in [-0.3, -0.25) is 9.89 Å². The number of aromatic amines is 1. The first kappa shape index (κ1) is 22.9. The van der Waals surface area contributed by atoms with Crippen LogP contribution in [0.5, 0.6) is 0 Å². The molecule has 3 aromatic rings. The van der Waals surface area contributed by atoms with Crippen LogP contribution in [0, 0.1) is 12.8 Å². The number of ether oxygens (including phenoxy) is 1. The van der Waals surface area contributed by atoms with E-state index in [4.69, 9.17) is 14.7 Å². The molecule has 34 heavy (non-hydrogen) atoms.